The third-order valence-corrected chi connectivity index (χ3v) is 10.3. The van der Waals surface area contributed by atoms with Crippen molar-refractivity contribution in [2.75, 3.05) is 6.61 Å². The Balaban J connectivity index is 2.21. The molecular formula is C24H42O2Si. The van der Waals surface area contributed by atoms with Crippen molar-refractivity contribution in [3.63, 3.8) is 0 Å². The summed E-state index contributed by atoms with van der Waals surface area (Å²) in [5.74, 6) is 0.581. The summed E-state index contributed by atoms with van der Waals surface area (Å²) in [6.45, 7) is 13.1. The molecule has 1 aromatic carbocycles. The lowest BCUT2D eigenvalue weighted by Crippen LogP contribution is -2.41. The first-order valence-electron chi connectivity index (χ1n) is 11.0. The van der Waals surface area contributed by atoms with Crippen molar-refractivity contribution in [2.24, 2.45) is 5.92 Å². The van der Waals surface area contributed by atoms with Gasteiger partial charge in [0.1, 0.15) is 0 Å². The highest BCUT2D eigenvalue weighted by Gasteiger charge is 2.32. The molecule has 1 aromatic rings. The predicted octanol–water partition coefficient (Wildman–Crippen LogP) is 7.37. The van der Waals surface area contributed by atoms with Crippen LogP contribution in [0.2, 0.25) is 18.1 Å². The fourth-order valence-electron chi connectivity index (χ4n) is 3.36. The first-order chi connectivity index (χ1) is 13.1. The molecule has 0 aliphatic rings. The quantitative estimate of drug-likeness (QED) is 0.177. The molecule has 27 heavy (non-hydrogen) atoms. The first-order valence-corrected chi connectivity index (χ1v) is 13.5. The van der Waals surface area contributed by atoms with Gasteiger partial charge >= 0.3 is 0 Å². The van der Waals surface area contributed by atoms with Gasteiger partial charge < -0.3 is 9.16 Å². The molecule has 0 aliphatic carbocycles. The minimum atomic E-state index is -1.51. The summed E-state index contributed by atoms with van der Waals surface area (Å²) in [6, 6.07) is 14.1. The Kier molecular flexibility index (Phi) is 12.6. The van der Waals surface area contributed by atoms with Gasteiger partial charge in [-0.3, -0.25) is 0 Å². The van der Waals surface area contributed by atoms with Crippen molar-refractivity contribution >= 4 is 8.32 Å². The van der Waals surface area contributed by atoms with Gasteiger partial charge in [0, 0.05) is 6.61 Å². The van der Waals surface area contributed by atoms with Gasteiger partial charge in [-0.15, -0.1) is 0 Å². The molecule has 3 heteroatoms. The molecule has 1 unspecified atom stereocenters. The van der Waals surface area contributed by atoms with E-state index in [4.69, 9.17) is 9.16 Å². The Morgan fingerprint density at radius 1 is 0.926 bits per heavy atom. The van der Waals surface area contributed by atoms with E-state index in [1.807, 2.05) is 6.07 Å². The van der Waals surface area contributed by atoms with Crippen LogP contribution in [0.5, 0.6) is 0 Å². The highest BCUT2D eigenvalue weighted by atomic mass is 28.4. The van der Waals surface area contributed by atoms with Crippen LogP contribution in [-0.2, 0) is 15.8 Å². The van der Waals surface area contributed by atoms with Gasteiger partial charge in [0.15, 0.2) is 8.32 Å². The lowest BCUT2D eigenvalue weighted by Gasteiger charge is -2.34. The summed E-state index contributed by atoms with van der Waals surface area (Å²) < 4.78 is 12.5. The Morgan fingerprint density at radius 2 is 1.59 bits per heavy atom. The van der Waals surface area contributed by atoms with Crippen LogP contribution in [-0.4, -0.2) is 21.0 Å². The van der Waals surface area contributed by atoms with Crippen LogP contribution in [0.1, 0.15) is 65.9 Å². The second kappa shape index (κ2) is 14.1. The SMILES string of the molecule is CC[Si](CC)(CC)OC(C/C=C/CCCCOCc1ccccc1)C(C)C. The van der Waals surface area contributed by atoms with Crippen molar-refractivity contribution in [2.45, 2.75) is 91.1 Å². The summed E-state index contributed by atoms with van der Waals surface area (Å²) in [5, 5.41) is 0. The summed E-state index contributed by atoms with van der Waals surface area (Å²) in [5.41, 5.74) is 1.25. The molecule has 1 atom stereocenters. The number of ether oxygens (including phenoxy) is 1. The van der Waals surface area contributed by atoms with E-state index in [9.17, 15) is 0 Å². The molecule has 0 spiro atoms. The molecule has 0 bridgehead atoms. The number of hydrogen-bond donors (Lipinski definition) is 0. The molecule has 0 aromatic heterocycles. The van der Waals surface area contributed by atoms with E-state index in [1.54, 1.807) is 0 Å². The van der Waals surface area contributed by atoms with Crippen molar-refractivity contribution in [3.8, 4) is 0 Å². The molecule has 1 rings (SSSR count). The molecule has 0 radical (unpaired) electrons. The van der Waals surface area contributed by atoms with Gasteiger partial charge in [-0.05, 0) is 55.3 Å². The normalized spacial score (nSPS) is 13.6. The monoisotopic (exact) mass is 390 g/mol. The van der Waals surface area contributed by atoms with Gasteiger partial charge in [-0.2, -0.15) is 0 Å². The standard InChI is InChI=1S/C24H42O2Si/c1-6-27(7-2,8-3)26-24(22(4)5)19-15-10-9-11-16-20-25-21-23-17-13-12-14-18-23/h10,12-15,17-18,22,24H,6-9,11,16,19-21H2,1-5H3/b15-10+. The van der Waals surface area contributed by atoms with Gasteiger partial charge in [-0.1, -0.05) is 77.1 Å². The van der Waals surface area contributed by atoms with Crippen LogP contribution in [0.15, 0.2) is 42.5 Å². The molecule has 0 aliphatic heterocycles. The van der Waals surface area contributed by atoms with E-state index in [0.717, 1.165) is 32.5 Å². The third kappa shape index (κ3) is 9.73. The van der Waals surface area contributed by atoms with Crippen molar-refractivity contribution < 1.29 is 9.16 Å². The second-order valence-corrected chi connectivity index (χ2v) is 12.6. The Bertz CT molecular complexity index is 486. The van der Waals surface area contributed by atoms with Crippen LogP contribution >= 0.6 is 0 Å². The summed E-state index contributed by atoms with van der Waals surface area (Å²) in [4.78, 5) is 0. The van der Waals surface area contributed by atoms with Gasteiger partial charge in [0.05, 0.1) is 12.7 Å². The van der Waals surface area contributed by atoms with E-state index in [0.29, 0.717) is 12.0 Å². The third-order valence-electron chi connectivity index (χ3n) is 5.63. The number of hydrogen-bond acceptors (Lipinski definition) is 2. The van der Waals surface area contributed by atoms with Gasteiger partial charge in [0.25, 0.3) is 0 Å². The van der Waals surface area contributed by atoms with Crippen molar-refractivity contribution in [1.29, 1.82) is 0 Å². The average molecular weight is 391 g/mol. The highest BCUT2D eigenvalue weighted by Crippen LogP contribution is 2.27. The van der Waals surface area contributed by atoms with E-state index in [2.05, 4.69) is 71.0 Å². The predicted molar refractivity (Wildman–Crippen MR) is 121 cm³/mol. The molecule has 0 saturated heterocycles. The zero-order chi connectivity index (χ0) is 20.0. The van der Waals surface area contributed by atoms with Gasteiger partial charge in [-0.25, -0.2) is 0 Å². The smallest absolute Gasteiger partial charge is 0.192 e. The van der Waals surface area contributed by atoms with Crippen molar-refractivity contribution in [3.05, 3.63) is 48.0 Å². The van der Waals surface area contributed by atoms with E-state index in [1.165, 1.54) is 30.1 Å². The lowest BCUT2D eigenvalue weighted by molar-refractivity contribution is 0.117. The molecule has 2 nitrogen and oxygen atoms in total. The van der Waals surface area contributed by atoms with Crippen LogP contribution in [0.3, 0.4) is 0 Å². The Labute approximate surface area is 169 Å². The van der Waals surface area contributed by atoms with Crippen molar-refractivity contribution in [1.82, 2.24) is 0 Å². The summed E-state index contributed by atoms with van der Waals surface area (Å²) in [6.07, 6.45) is 9.56. The molecule has 0 fully saturated rings. The van der Waals surface area contributed by atoms with Crippen LogP contribution in [0.4, 0.5) is 0 Å². The average Bonchev–Trinajstić information content (AvgIpc) is 2.70. The Hall–Kier alpha value is -0.903. The van der Waals surface area contributed by atoms with E-state index >= 15 is 0 Å². The zero-order valence-corrected chi connectivity index (χ0v) is 19.4. The summed E-state index contributed by atoms with van der Waals surface area (Å²) >= 11 is 0. The molecule has 0 amide bonds. The Morgan fingerprint density at radius 3 is 2.19 bits per heavy atom. The first kappa shape index (κ1) is 24.1. The molecular weight excluding hydrogens is 348 g/mol. The maximum Gasteiger partial charge on any atom is 0.192 e. The lowest BCUT2D eigenvalue weighted by atomic mass is 10.0. The number of benzene rings is 1. The van der Waals surface area contributed by atoms with Crippen LogP contribution < -0.4 is 0 Å². The number of allylic oxidation sites excluding steroid dienone is 1. The number of rotatable bonds is 15. The largest absolute Gasteiger partial charge is 0.413 e. The topological polar surface area (TPSA) is 18.5 Å². The maximum absolute atomic E-state index is 6.72. The second-order valence-electron chi connectivity index (χ2n) is 7.89. The summed E-state index contributed by atoms with van der Waals surface area (Å²) in [7, 11) is -1.51. The molecule has 0 N–H and O–H groups in total. The molecule has 0 heterocycles. The fourth-order valence-corrected chi connectivity index (χ4v) is 6.37. The maximum atomic E-state index is 6.72. The molecule has 154 valence electrons. The minimum absolute atomic E-state index is 0.377. The van der Waals surface area contributed by atoms with E-state index < -0.39 is 8.32 Å². The minimum Gasteiger partial charge on any atom is -0.413 e. The van der Waals surface area contributed by atoms with Crippen LogP contribution in [0.25, 0.3) is 0 Å². The van der Waals surface area contributed by atoms with Gasteiger partial charge in [0.2, 0.25) is 0 Å². The highest BCUT2D eigenvalue weighted by molar-refractivity contribution is 6.73. The fraction of sp³-hybridized carbons (Fsp3) is 0.667. The van der Waals surface area contributed by atoms with E-state index in [-0.39, 0.29) is 0 Å². The van der Waals surface area contributed by atoms with Crippen LogP contribution in [0, 0.1) is 5.92 Å². The zero-order valence-electron chi connectivity index (χ0n) is 18.4. The molecule has 0 saturated carbocycles. The number of unbranched alkanes of at least 4 members (excludes halogenated alkanes) is 2.